The first-order chi connectivity index (χ1) is 17.0. The third kappa shape index (κ3) is 9.12. The molecule has 2 rings (SSSR count). The van der Waals surface area contributed by atoms with Gasteiger partial charge in [-0.2, -0.15) is 0 Å². The van der Waals surface area contributed by atoms with Crippen LogP contribution >= 0.6 is 23.2 Å². The van der Waals surface area contributed by atoms with Gasteiger partial charge >= 0.3 is 5.97 Å². The van der Waals surface area contributed by atoms with Gasteiger partial charge < -0.3 is 20.7 Å². The number of carbonyl (C=O) groups is 2. The van der Waals surface area contributed by atoms with E-state index < -0.39 is 42.8 Å². The molecule has 0 aliphatic carbocycles. The maximum absolute atomic E-state index is 13.3. The summed E-state index contributed by atoms with van der Waals surface area (Å²) in [6, 6.07) is 11.0. The van der Waals surface area contributed by atoms with E-state index in [1.54, 1.807) is 0 Å². The smallest absolute Gasteiger partial charge is 0.328 e. The number of nitrogens with one attached hydrogen (secondary N) is 1. The second kappa shape index (κ2) is 14.8. The van der Waals surface area contributed by atoms with E-state index in [2.05, 4.69) is 10.2 Å². The van der Waals surface area contributed by atoms with Gasteiger partial charge in [-0.1, -0.05) is 31.2 Å². The Balaban J connectivity index is 2.06. The van der Waals surface area contributed by atoms with Crippen molar-refractivity contribution in [2.75, 3.05) is 36.4 Å². The van der Waals surface area contributed by atoms with Crippen LogP contribution in [0.2, 0.25) is 0 Å². The van der Waals surface area contributed by atoms with Gasteiger partial charge in [-0.3, -0.25) is 4.79 Å². The molecule has 0 spiro atoms. The number of carbonyl (C=O) groups excluding carboxylic acids is 2. The van der Waals surface area contributed by atoms with Crippen molar-refractivity contribution in [3.63, 3.8) is 0 Å². The Hall–Kier alpha value is -2.35. The molecule has 0 radical (unpaired) electrons. The van der Waals surface area contributed by atoms with Gasteiger partial charge in [-0.15, -0.1) is 23.2 Å². The topological polar surface area (TPSA) is 84.7 Å². The predicted octanol–water partition coefficient (Wildman–Crippen LogP) is 3.66. The molecule has 186 valence electrons. The van der Waals surface area contributed by atoms with Gasteiger partial charge in [0.25, 0.3) is 0 Å². The molecule has 0 fully saturated rings. The fourth-order valence-electron chi connectivity index (χ4n) is 3.34. The number of nitrogens with zero attached hydrogens (tertiary/aromatic N) is 1. The van der Waals surface area contributed by atoms with Crippen molar-refractivity contribution in [2.45, 2.75) is 38.2 Å². The number of alkyl halides is 2. The van der Waals surface area contributed by atoms with E-state index >= 15 is 0 Å². The molecule has 9 heteroatoms. The van der Waals surface area contributed by atoms with Crippen molar-refractivity contribution in [3.05, 3.63) is 65.5 Å². The van der Waals surface area contributed by atoms with Crippen LogP contribution in [0.25, 0.3) is 0 Å². The molecule has 0 aliphatic heterocycles. The molecule has 34 heavy (non-hydrogen) atoms. The third-order valence-electron chi connectivity index (χ3n) is 5.12. The standard InChI is InChI=1S/C25H32Cl2FN3O3/c1-2-15-34-25(33)23(17-19-3-7-20(28)8-4-19)30-24(32)22(29)16-18-5-9-21(10-6-18)31(13-11-26)14-12-27/h3-10,22-23H,2,11-17,29H2,1H3,(H,30,32)/i2D2. The highest BCUT2D eigenvalue weighted by Gasteiger charge is 2.25. The van der Waals surface area contributed by atoms with Gasteiger partial charge in [0, 0.05) is 39.7 Å². The Bertz CT molecular complexity index is 970. The molecule has 3 N–H and O–H groups in total. The molecule has 0 bridgehead atoms. The van der Waals surface area contributed by atoms with Gasteiger partial charge in [0.05, 0.1) is 12.6 Å². The molecule has 2 aromatic rings. The first-order valence-corrected chi connectivity index (χ1v) is 12.0. The lowest BCUT2D eigenvalue weighted by Crippen LogP contribution is -2.50. The number of ether oxygens (including phenoxy) is 1. The fourth-order valence-corrected chi connectivity index (χ4v) is 3.74. The van der Waals surface area contributed by atoms with E-state index in [1.807, 2.05) is 24.3 Å². The zero-order valence-corrected chi connectivity index (χ0v) is 20.6. The lowest BCUT2D eigenvalue weighted by Gasteiger charge is -2.23. The average molecular weight is 514 g/mol. The maximum Gasteiger partial charge on any atom is 0.328 e. The first-order valence-electron chi connectivity index (χ1n) is 11.9. The number of benzene rings is 2. The SMILES string of the molecule is [2H]C([2H])(C)COC(=O)C(Cc1ccc(F)cc1)NC(=O)C(N)Cc1ccc(N(CCCl)CCCl)cc1. The van der Waals surface area contributed by atoms with Crippen LogP contribution < -0.4 is 16.0 Å². The van der Waals surface area contributed by atoms with Crippen LogP contribution in [-0.2, 0) is 27.2 Å². The first kappa shape index (κ1) is 24.8. The van der Waals surface area contributed by atoms with Crippen LogP contribution in [0.1, 0.15) is 27.2 Å². The van der Waals surface area contributed by atoms with Crippen molar-refractivity contribution in [1.29, 1.82) is 0 Å². The summed E-state index contributed by atoms with van der Waals surface area (Å²) in [5.41, 5.74) is 8.51. The number of anilines is 1. The van der Waals surface area contributed by atoms with Gasteiger partial charge in [0.2, 0.25) is 5.91 Å². The molecule has 2 aromatic carbocycles. The zero-order valence-electron chi connectivity index (χ0n) is 21.1. The quantitative estimate of drug-likeness (QED) is 0.297. The van der Waals surface area contributed by atoms with Crippen LogP contribution in [0.3, 0.4) is 0 Å². The van der Waals surface area contributed by atoms with Crippen LogP contribution in [0, 0.1) is 5.82 Å². The van der Waals surface area contributed by atoms with Gasteiger partial charge in [-0.25, -0.2) is 9.18 Å². The summed E-state index contributed by atoms with van der Waals surface area (Å²) in [6.45, 7) is 2.12. The Kier molecular flexibility index (Phi) is 10.8. The fraction of sp³-hybridized carbons (Fsp3) is 0.440. The second-order valence-electron chi connectivity index (χ2n) is 7.70. The average Bonchev–Trinajstić information content (AvgIpc) is 2.83. The van der Waals surface area contributed by atoms with Crippen molar-refractivity contribution >= 4 is 40.8 Å². The largest absolute Gasteiger partial charge is 0.464 e. The zero-order chi connectivity index (χ0) is 26.7. The van der Waals surface area contributed by atoms with Crippen LogP contribution in [0.4, 0.5) is 10.1 Å². The van der Waals surface area contributed by atoms with Crippen LogP contribution in [0.5, 0.6) is 0 Å². The number of esters is 1. The number of nitrogens with two attached hydrogens (primary N) is 1. The summed E-state index contributed by atoms with van der Waals surface area (Å²) in [6.07, 6.45) is -1.46. The highest BCUT2D eigenvalue weighted by molar-refractivity contribution is 6.18. The number of hydrogen-bond acceptors (Lipinski definition) is 5. The normalized spacial score (nSPS) is 13.9. The van der Waals surface area contributed by atoms with E-state index in [4.69, 9.17) is 36.4 Å². The van der Waals surface area contributed by atoms with E-state index in [-0.39, 0.29) is 12.8 Å². The molecule has 0 saturated heterocycles. The van der Waals surface area contributed by atoms with Crippen molar-refractivity contribution < 1.29 is 21.5 Å². The van der Waals surface area contributed by atoms with E-state index in [0.717, 1.165) is 11.3 Å². The number of rotatable bonds is 14. The van der Waals surface area contributed by atoms with Crippen molar-refractivity contribution in [1.82, 2.24) is 5.32 Å². The maximum atomic E-state index is 13.3. The number of hydrogen-bond donors (Lipinski definition) is 2. The molecule has 0 heterocycles. The molecular formula is C25H32Cl2FN3O3. The molecular weight excluding hydrogens is 480 g/mol. The Morgan fingerprint density at radius 1 is 1.06 bits per heavy atom. The van der Waals surface area contributed by atoms with E-state index in [9.17, 15) is 14.0 Å². The van der Waals surface area contributed by atoms with Crippen LogP contribution in [-0.4, -0.2) is 55.4 Å². The highest BCUT2D eigenvalue weighted by Crippen LogP contribution is 2.17. The highest BCUT2D eigenvalue weighted by atomic mass is 35.5. The second-order valence-corrected chi connectivity index (χ2v) is 8.45. The summed E-state index contributed by atoms with van der Waals surface area (Å²) in [4.78, 5) is 27.5. The van der Waals surface area contributed by atoms with E-state index in [1.165, 1.54) is 31.2 Å². The minimum Gasteiger partial charge on any atom is -0.464 e. The van der Waals surface area contributed by atoms with Crippen LogP contribution in [0.15, 0.2) is 48.5 Å². The van der Waals surface area contributed by atoms with Gasteiger partial charge in [-0.05, 0) is 48.2 Å². The molecule has 0 aliphatic rings. The minimum atomic E-state index is -1.73. The van der Waals surface area contributed by atoms with Gasteiger partial charge in [0.15, 0.2) is 0 Å². The summed E-state index contributed by atoms with van der Waals surface area (Å²) in [5.74, 6) is -0.855. The Labute approximate surface area is 213 Å². The lowest BCUT2D eigenvalue weighted by atomic mass is 10.0. The molecule has 2 atom stereocenters. The van der Waals surface area contributed by atoms with Gasteiger partial charge in [0.1, 0.15) is 11.9 Å². The number of amides is 1. The Morgan fingerprint density at radius 3 is 2.18 bits per heavy atom. The summed E-state index contributed by atoms with van der Waals surface area (Å²) < 4.78 is 33.5. The molecule has 0 saturated carbocycles. The summed E-state index contributed by atoms with van der Waals surface area (Å²) >= 11 is 11.7. The lowest BCUT2D eigenvalue weighted by molar-refractivity contribution is -0.148. The number of halogens is 3. The third-order valence-corrected chi connectivity index (χ3v) is 5.45. The van der Waals surface area contributed by atoms with Crippen molar-refractivity contribution in [3.8, 4) is 0 Å². The summed E-state index contributed by atoms with van der Waals surface area (Å²) in [7, 11) is 0. The molecule has 6 nitrogen and oxygen atoms in total. The summed E-state index contributed by atoms with van der Waals surface area (Å²) in [5, 5.41) is 2.61. The monoisotopic (exact) mass is 513 g/mol. The Morgan fingerprint density at radius 2 is 1.62 bits per heavy atom. The molecule has 0 aromatic heterocycles. The van der Waals surface area contributed by atoms with E-state index in [0.29, 0.717) is 30.4 Å². The predicted molar refractivity (Wildman–Crippen MR) is 135 cm³/mol. The molecule has 2 unspecified atom stereocenters. The minimum absolute atomic E-state index is 0.0377. The van der Waals surface area contributed by atoms with Crippen molar-refractivity contribution in [2.24, 2.45) is 5.73 Å². The molecule has 1 amide bonds.